The van der Waals surface area contributed by atoms with Crippen LogP contribution >= 0.6 is 0 Å². The van der Waals surface area contributed by atoms with Gasteiger partial charge in [-0.2, -0.15) is 0 Å². The van der Waals surface area contributed by atoms with E-state index in [4.69, 9.17) is 0 Å². The molecule has 0 heterocycles. The fourth-order valence-corrected chi connectivity index (χ4v) is 4.08. The Hall–Kier alpha value is -1.82. The Morgan fingerprint density at radius 2 is 1.56 bits per heavy atom. The van der Waals surface area contributed by atoms with Crippen molar-refractivity contribution in [2.45, 2.75) is 71.1 Å². The lowest BCUT2D eigenvalue weighted by Gasteiger charge is -2.22. The third-order valence-corrected chi connectivity index (χ3v) is 5.65. The third-order valence-electron chi connectivity index (χ3n) is 5.65. The molecule has 1 aliphatic rings. The first-order valence-electron chi connectivity index (χ1n) is 10.1. The molecule has 0 amide bonds. The van der Waals surface area contributed by atoms with E-state index < -0.39 is 0 Å². The van der Waals surface area contributed by atoms with Gasteiger partial charge in [0, 0.05) is 5.92 Å². The van der Waals surface area contributed by atoms with Gasteiger partial charge in [0.2, 0.25) is 0 Å². The van der Waals surface area contributed by atoms with Crippen molar-refractivity contribution >= 4 is 0 Å². The maximum atomic E-state index is 2.50. The first kappa shape index (κ1) is 18.0. The summed E-state index contributed by atoms with van der Waals surface area (Å²) in [4.78, 5) is 0. The van der Waals surface area contributed by atoms with Crippen LogP contribution in [-0.4, -0.2) is 0 Å². The predicted molar refractivity (Wildman–Crippen MR) is 109 cm³/mol. The molecule has 2 aromatic carbocycles. The van der Waals surface area contributed by atoms with Gasteiger partial charge in [-0.25, -0.2) is 0 Å². The molecule has 1 atom stereocenters. The van der Waals surface area contributed by atoms with E-state index in [-0.39, 0.29) is 0 Å². The number of benzene rings is 2. The highest BCUT2D eigenvalue weighted by molar-refractivity contribution is 5.37. The molecule has 0 spiro atoms. The largest absolute Gasteiger partial charge is 0.0847 e. The number of hydrogen-bond acceptors (Lipinski definition) is 0. The van der Waals surface area contributed by atoms with Crippen LogP contribution < -0.4 is 0 Å². The molecule has 0 N–H and O–H groups in total. The van der Waals surface area contributed by atoms with Crippen molar-refractivity contribution in [1.82, 2.24) is 0 Å². The van der Waals surface area contributed by atoms with E-state index in [1.54, 1.807) is 11.1 Å². The zero-order chi connectivity index (χ0) is 17.5. The summed E-state index contributed by atoms with van der Waals surface area (Å²) in [6.07, 6.45) is 12.5. The van der Waals surface area contributed by atoms with Gasteiger partial charge in [0.25, 0.3) is 0 Å². The second-order valence-corrected chi connectivity index (χ2v) is 7.51. The van der Waals surface area contributed by atoms with Crippen molar-refractivity contribution in [2.24, 2.45) is 0 Å². The van der Waals surface area contributed by atoms with Crippen LogP contribution in [0.25, 0.3) is 0 Å². The molecule has 0 aliphatic heterocycles. The molecular weight excluding hydrogens is 300 g/mol. The fraction of sp³-hybridized carbons (Fsp3) is 0.440. The minimum absolute atomic E-state index is 0.573. The van der Waals surface area contributed by atoms with Crippen LogP contribution in [0, 0.1) is 0 Å². The van der Waals surface area contributed by atoms with Crippen LogP contribution in [-0.2, 0) is 19.3 Å². The zero-order valence-electron chi connectivity index (χ0n) is 15.9. The second kappa shape index (κ2) is 9.04. The Morgan fingerprint density at radius 3 is 2.24 bits per heavy atom. The molecule has 0 fully saturated rings. The van der Waals surface area contributed by atoms with Gasteiger partial charge in [0.1, 0.15) is 0 Å². The van der Waals surface area contributed by atoms with Gasteiger partial charge in [-0.3, -0.25) is 0 Å². The average Bonchev–Trinajstić information content (AvgIpc) is 2.68. The molecule has 0 saturated heterocycles. The topological polar surface area (TPSA) is 0 Å². The molecule has 3 rings (SSSR count). The highest BCUT2D eigenvalue weighted by Gasteiger charge is 2.16. The van der Waals surface area contributed by atoms with Gasteiger partial charge in [0.05, 0.1) is 0 Å². The Labute approximate surface area is 154 Å². The minimum Gasteiger partial charge on any atom is -0.0847 e. The van der Waals surface area contributed by atoms with Gasteiger partial charge >= 0.3 is 0 Å². The molecule has 132 valence electrons. The van der Waals surface area contributed by atoms with Crippen LogP contribution in [0.2, 0.25) is 0 Å². The number of allylic oxidation sites excluding steroid dienone is 2. The molecule has 0 radical (unpaired) electrons. The number of hydrogen-bond donors (Lipinski definition) is 0. The highest BCUT2D eigenvalue weighted by Crippen LogP contribution is 2.33. The van der Waals surface area contributed by atoms with Crippen LogP contribution in [0.1, 0.15) is 74.1 Å². The summed E-state index contributed by atoms with van der Waals surface area (Å²) in [6.45, 7) is 4.64. The fourth-order valence-electron chi connectivity index (χ4n) is 4.08. The third kappa shape index (κ3) is 4.84. The summed E-state index contributed by atoms with van der Waals surface area (Å²) < 4.78 is 0. The molecule has 0 aromatic heterocycles. The minimum atomic E-state index is 0.573. The van der Waals surface area contributed by atoms with Gasteiger partial charge < -0.3 is 0 Å². The van der Waals surface area contributed by atoms with E-state index in [1.807, 2.05) is 0 Å². The van der Waals surface area contributed by atoms with Crippen molar-refractivity contribution in [2.75, 3.05) is 0 Å². The molecule has 2 aromatic rings. The molecular formula is C25H32. The number of aryl methyl sites for hydroxylation is 3. The van der Waals surface area contributed by atoms with Crippen LogP contribution in [0.5, 0.6) is 0 Å². The van der Waals surface area contributed by atoms with E-state index in [0.717, 1.165) is 12.8 Å². The standard InChI is InChI=1S/C25H32/c1-3-9-21-14-16-22(17-15-21)18-19-24-12-7-8-13-25(24)20(2)23-10-5-4-6-11-23/h7-8,10,12-17,20H,3-6,9,11,18-19H2,1-2H3. The van der Waals surface area contributed by atoms with Crippen LogP contribution in [0.15, 0.2) is 60.2 Å². The molecule has 0 heteroatoms. The average molecular weight is 333 g/mol. The second-order valence-electron chi connectivity index (χ2n) is 7.51. The van der Waals surface area contributed by atoms with Crippen molar-refractivity contribution < 1.29 is 0 Å². The monoisotopic (exact) mass is 332 g/mol. The van der Waals surface area contributed by atoms with Crippen molar-refractivity contribution in [3.63, 3.8) is 0 Å². The zero-order valence-corrected chi connectivity index (χ0v) is 15.9. The Bertz CT molecular complexity index is 690. The molecule has 0 bridgehead atoms. The highest BCUT2D eigenvalue weighted by atomic mass is 14.2. The Kier molecular flexibility index (Phi) is 6.50. The first-order valence-corrected chi connectivity index (χ1v) is 10.1. The van der Waals surface area contributed by atoms with Crippen LogP contribution in [0.3, 0.4) is 0 Å². The van der Waals surface area contributed by atoms with E-state index in [9.17, 15) is 0 Å². The smallest absolute Gasteiger partial charge is 0.00225 e. The Balaban J connectivity index is 1.69. The van der Waals surface area contributed by atoms with Gasteiger partial charge in [-0.15, -0.1) is 0 Å². The van der Waals surface area contributed by atoms with Gasteiger partial charge in [-0.1, -0.05) is 80.4 Å². The first-order chi connectivity index (χ1) is 12.3. The van der Waals surface area contributed by atoms with E-state index in [2.05, 4.69) is 68.5 Å². The van der Waals surface area contributed by atoms with Gasteiger partial charge in [0.15, 0.2) is 0 Å². The summed E-state index contributed by atoms with van der Waals surface area (Å²) in [5, 5.41) is 0. The predicted octanol–water partition coefficient (Wildman–Crippen LogP) is 7.03. The van der Waals surface area contributed by atoms with Crippen molar-refractivity contribution in [1.29, 1.82) is 0 Å². The maximum absolute atomic E-state index is 2.50. The Morgan fingerprint density at radius 1 is 0.840 bits per heavy atom. The van der Waals surface area contributed by atoms with E-state index >= 15 is 0 Å². The SMILES string of the molecule is CCCc1ccc(CCc2ccccc2C(C)C2=CCCCC2)cc1. The summed E-state index contributed by atoms with van der Waals surface area (Å²) in [7, 11) is 0. The normalized spacial score (nSPS) is 15.7. The van der Waals surface area contributed by atoms with Crippen molar-refractivity contribution in [3.05, 3.63) is 82.4 Å². The van der Waals surface area contributed by atoms with Crippen LogP contribution in [0.4, 0.5) is 0 Å². The summed E-state index contributed by atoms with van der Waals surface area (Å²) in [5.74, 6) is 0.573. The maximum Gasteiger partial charge on any atom is 0.00225 e. The number of rotatable bonds is 7. The lowest BCUT2D eigenvalue weighted by molar-refractivity contribution is 0.655. The molecule has 1 aliphatic carbocycles. The summed E-state index contributed by atoms with van der Waals surface area (Å²) in [5.41, 5.74) is 7.64. The van der Waals surface area contributed by atoms with Crippen molar-refractivity contribution in [3.8, 4) is 0 Å². The summed E-state index contributed by atoms with van der Waals surface area (Å²) in [6, 6.07) is 18.3. The molecule has 1 unspecified atom stereocenters. The summed E-state index contributed by atoms with van der Waals surface area (Å²) >= 11 is 0. The molecule has 0 saturated carbocycles. The van der Waals surface area contributed by atoms with E-state index in [1.165, 1.54) is 55.2 Å². The quantitative estimate of drug-likeness (QED) is 0.477. The van der Waals surface area contributed by atoms with Gasteiger partial charge in [-0.05, 0) is 67.2 Å². The molecule has 25 heavy (non-hydrogen) atoms. The lowest BCUT2D eigenvalue weighted by Crippen LogP contribution is -2.06. The molecule has 0 nitrogen and oxygen atoms in total. The van der Waals surface area contributed by atoms with E-state index in [0.29, 0.717) is 5.92 Å². The lowest BCUT2D eigenvalue weighted by atomic mass is 9.83.